The van der Waals surface area contributed by atoms with Crippen LogP contribution in [0.2, 0.25) is 0 Å². The third-order valence-electron chi connectivity index (χ3n) is 8.52. The van der Waals surface area contributed by atoms with Gasteiger partial charge in [-0.3, -0.25) is 0 Å². The summed E-state index contributed by atoms with van der Waals surface area (Å²) < 4.78 is 8.75. The average Bonchev–Trinajstić information content (AvgIpc) is 3.64. The molecule has 0 aliphatic rings. The van der Waals surface area contributed by atoms with Crippen molar-refractivity contribution in [1.82, 2.24) is 14.5 Å². The van der Waals surface area contributed by atoms with Crippen LogP contribution in [0.1, 0.15) is 0 Å². The first-order valence-electron chi connectivity index (χ1n) is 14.7. The van der Waals surface area contributed by atoms with Gasteiger partial charge in [0.2, 0.25) is 0 Å². The minimum absolute atomic E-state index is 0.699. The van der Waals surface area contributed by atoms with E-state index in [-0.39, 0.29) is 0 Å². The van der Waals surface area contributed by atoms with Crippen LogP contribution in [0.5, 0.6) is 0 Å². The van der Waals surface area contributed by atoms with E-state index in [0.29, 0.717) is 5.58 Å². The zero-order valence-corrected chi connectivity index (χ0v) is 23.7. The van der Waals surface area contributed by atoms with Crippen molar-refractivity contribution in [2.24, 2.45) is 0 Å². The van der Waals surface area contributed by atoms with Gasteiger partial charge in [0.15, 0.2) is 5.58 Å². The molecule has 3 heterocycles. The van der Waals surface area contributed by atoms with Crippen molar-refractivity contribution < 1.29 is 4.42 Å². The predicted octanol–water partition coefficient (Wildman–Crippen LogP) is 10.5. The molecular weight excluding hydrogens is 538 g/mol. The average molecular weight is 564 g/mol. The van der Waals surface area contributed by atoms with Gasteiger partial charge < -0.3 is 8.98 Å². The summed E-state index contributed by atoms with van der Waals surface area (Å²) in [6.07, 6.45) is 1.64. The fourth-order valence-electron chi connectivity index (χ4n) is 6.44. The molecule has 0 radical (unpaired) electrons. The minimum Gasteiger partial charge on any atom is -0.452 e. The number of benzene rings is 6. The quantitative estimate of drug-likeness (QED) is 0.214. The molecule has 0 amide bonds. The van der Waals surface area contributed by atoms with Crippen LogP contribution in [-0.4, -0.2) is 14.5 Å². The second kappa shape index (κ2) is 9.79. The zero-order valence-electron chi connectivity index (χ0n) is 23.7. The van der Waals surface area contributed by atoms with Gasteiger partial charge in [0.1, 0.15) is 23.1 Å². The Labute approximate surface area is 253 Å². The molecule has 0 aliphatic heterocycles. The monoisotopic (exact) mass is 563 g/mol. The number of fused-ring (bicyclic) bond motifs is 6. The first-order valence-corrected chi connectivity index (χ1v) is 14.7. The lowest BCUT2D eigenvalue weighted by Gasteiger charge is -2.09. The standard InChI is InChI=1S/C40H25N3O/c1-3-10-26(11-4-1)28-19-21-37-34(23-28)39-40(44-37)38(41-25-42-39)30-13-9-12-27(22-30)29-18-20-33-32-16-7-8-17-35(32)43(36(33)24-29)31-14-5-2-6-15-31/h1-25H. The van der Waals surface area contributed by atoms with Gasteiger partial charge in [-0.15, -0.1) is 0 Å². The normalized spacial score (nSPS) is 11.6. The van der Waals surface area contributed by atoms with E-state index in [1.165, 1.54) is 21.8 Å². The molecule has 4 nitrogen and oxygen atoms in total. The summed E-state index contributed by atoms with van der Waals surface area (Å²) in [6.45, 7) is 0. The van der Waals surface area contributed by atoms with Crippen LogP contribution in [0.25, 0.3) is 83.1 Å². The van der Waals surface area contributed by atoms with E-state index in [4.69, 9.17) is 9.40 Å². The predicted molar refractivity (Wildman–Crippen MR) is 180 cm³/mol. The van der Waals surface area contributed by atoms with Crippen molar-refractivity contribution in [2.45, 2.75) is 0 Å². The number of aromatic nitrogens is 3. The number of nitrogens with zero attached hydrogens (tertiary/aromatic N) is 3. The van der Waals surface area contributed by atoms with E-state index in [0.717, 1.165) is 55.7 Å². The fraction of sp³-hybridized carbons (Fsp3) is 0. The summed E-state index contributed by atoms with van der Waals surface area (Å²) in [7, 11) is 0. The molecule has 6 aromatic carbocycles. The Morgan fingerprint density at radius 1 is 0.455 bits per heavy atom. The molecule has 0 aliphatic carbocycles. The van der Waals surface area contributed by atoms with Crippen LogP contribution < -0.4 is 0 Å². The van der Waals surface area contributed by atoms with E-state index in [9.17, 15) is 0 Å². The molecule has 0 saturated heterocycles. The Morgan fingerprint density at radius 2 is 1.14 bits per heavy atom. The van der Waals surface area contributed by atoms with Crippen LogP contribution in [-0.2, 0) is 0 Å². The SMILES string of the molecule is c1ccc(-c2ccc3oc4c(-c5cccc(-c6ccc7c8ccccc8n(-c8ccccc8)c7c6)c5)ncnc4c3c2)cc1. The van der Waals surface area contributed by atoms with Gasteiger partial charge in [-0.25, -0.2) is 9.97 Å². The highest BCUT2D eigenvalue weighted by molar-refractivity contribution is 6.10. The van der Waals surface area contributed by atoms with Gasteiger partial charge >= 0.3 is 0 Å². The lowest BCUT2D eigenvalue weighted by Crippen LogP contribution is -1.93. The maximum atomic E-state index is 6.40. The first kappa shape index (κ1) is 24.6. The van der Waals surface area contributed by atoms with Crippen LogP contribution in [0.3, 0.4) is 0 Å². The number of hydrogen-bond donors (Lipinski definition) is 0. The summed E-state index contributed by atoms with van der Waals surface area (Å²) in [4.78, 5) is 9.37. The van der Waals surface area contributed by atoms with Crippen molar-refractivity contribution in [3.05, 3.63) is 152 Å². The lowest BCUT2D eigenvalue weighted by molar-refractivity contribution is 0.667. The Bertz CT molecular complexity index is 2490. The van der Waals surface area contributed by atoms with Gasteiger partial charge in [-0.2, -0.15) is 0 Å². The third kappa shape index (κ3) is 3.85. The molecule has 0 atom stereocenters. The van der Waals surface area contributed by atoms with E-state index in [2.05, 4.69) is 143 Å². The molecule has 206 valence electrons. The first-order chi connectivity index (χ1) is 21.8. The molecule has 44 heavy (non-hydrogen) atoms. The van der Waals surface area contributed by atoms with Crippen LogP contribution >= 0.6 is 0 Å². The molecular formula is C40H25N3O. The van der Waals surface area contributed by atoms with Crippen LogP contribution in [0, 0.1) is 0 Å². The number of hydrogen-bond acceptors (Lipinski definition) is 3. The third-order valence-corrected chi connectivity index (χ3v) is 8.52. The minimum atomic E-state index is 0.699. The van der Waals surface area contributed by atoms with Crippen molar-refractivity contribution in [1.29, 1.82) is 0 Å². The lowest BCUT2D eigenvalue weighted by atomic mass is 9.99. The fourth-order valence-corrected chi connectivity index (χ4v) is 6.44. The van der Waals surface area contributed by atoms with Crippen LogP contribution in [0.4, 0.5) is 0 Å². The molecule has 0 bridgehead atoms. The Hall–Kier alpha value is -6.00. The molecule has 0 spiro atoms. The summed E-state index contributed by atoms with van der Waals surface area (Å²) in [5.41, 5.74) is 12.2. The summed E-state index contributed by atoms with van der Waals surface area (Å²) in [5.74, 6) is 0. The van der Waals surface area contributed by atoms with Crippen molar-refractivity contribution in [2.75, 3.05) is 0 Å². The molecule has 0 fully saturated rings. The van der Waals surface area contributed by atoms with E-state index in [1.807, 2.05) is 12.1 Å². The summed E-state index contributed by atoms with van der Waals surface area (Å²) in [5, 5.41) is 3.47. The van der Waals surface area contributed by atoms with Gasteiger partial charge in [0.05, 0.1) is 11.0 Å². The van der Waals surface area contributed by atoms with Gasteiger partial charge in [-0.1, -0.05) is 103 Å². The maximum absolute atomic E-state index is 6.40. The second-order valence-corrected chi connectivity index (χ2v) is 11.1. The number of para-hydroxylation sites is 2. The summed E-state index contributed by atoms with van der Waals surface area (Å²) >= 11 is 0. The molecule has 9 rings (SSSR count). The number of furan rings is 1. The number of rotatable bonds is 4. The largest absolute Gasteiger partial charge is 0.452 e. The highest BCUT2D eigenvalue weighted by atomic mass is 16.3. The Kier molecular flexibility index (Phi) is 5.47. The molecule has 0 unspecified atom stereocenters. The van der Waals surface area contributed by atoms with E-state index in [1.54, 1.807) is 6.33 Å². The Morgan fingerprint density at radius 3 is 2.02 bits per heavy atom. The molecule has 0 N–H and O–H groups in total. The zero-order chi connectivity index (χ0) is 29.0. The smallest absolute Gasteiger partial charge is 0.180 e. The topological polar surface area (TPSA) is 43.9 Å². The van der Waals surface area contributed by atoms with Crippen LogP contribution in [0.15, 0.2) is 156 Å². The highest BCUT2D eigenvalue weighted by Crippen LogP contribution is 2.38. The maximum Gasteiger partial charge on any atom is 0.180 e. The Balaban J connectivity index is 1.19. The van der Waals surface area contributed by atoms with Gasteiger partial charge in [0.25, 0.3) is 0 Å². The van der Waals surface area contributed by atoms with Crippen molar-refractivity contribution >= 4 is 43.9 Å². The van der Waals surface area contributed by atoms with E-state index < -0.39 is 0 Å². The van der Waals surface area contributed by atoms with Gasteiger partial charge in [0, 0.05) is 27.4 Å². The van der Waals surface area contributed by atoms with E-state index >= 15 is 0 Å². The molecule has 4 heteroatoms. The molecule has 9 aromatic rings. The van der Waals surface area contributed by atoms with Crippen molar-refractivity contribution in [3.8, 4) is 39.2 Å². The second-order valence-electron chi connectivity index (χ2n) is 11.1. The summed E-state index contributed by atoms with van der Waals surface area (Å²) in [6, 6.07) is 51.1. The van der Waals surface area contributed by atoms with Crippen molar-refractivity contribution in [3.63, 3.8) is 0 Å². The molecule has 3 aromatic heterocycles. The van der Waals surface area contributed by atoms with Gasteiger partial charge in [-0.05, 0) is 64.7 Å². The highest BCUT2D eigenvalue weighted by Gasteiger charge is 2.17. The molecule has 0 saturated carbocycles.